The normalized spacial score (nSPS) is 21.3. The van der Waals surface area contributed by atoms with Gasteiger partial charge in [0.05, 0.1) is 16.1 Å². The molecule has 33 heavy (non-hydrogen) atoms. The molecule has 0 radical (unpaired) electrons. The van der Waals surface area contributed by atoms with Crippen LogP contribution in [-0.4, -0.2) is 76.4 Å². The number of hydrogen-bond donors (Lipinski definition) is 1. The Morgan fingerprint density at radius 2 is 1.76 bits per heavy atom. The van der Waals surface area contributed by atoms with Crippen LogP contribution >= 0.6 is 34.8 Å². The molecule has 2 atom stereocenters. The third kappa shape index (κ3) is 5.13. The van der Waals surface area contributed by atoms with Crippen molar-refractivity contribution >= 4 is 52.6 Å². The molecule has 2 aliphatic heterocycles. The Kier molecular flexibility index (Phi) is 7.16. The van der Waals surface area contributed by atoms with Crippen LogP contribution in [0.4, 0.5) is 10.6 Å². The van der Waals surface area contributed by atoms with Gasteiger partial charge in [0.2, 0.25) is 5.91 Å². The molecule has 2 aliphatic rings. The van der Waals surface area contributed by atoms with Gasteiger partial charge in [0.15, 0.2) is 11.0 Å². The van der Waals surface area contributed by atoms with Crippen LogP contribution in [0.1, 0.15) is 24.3 Å². The molecule has 2 saturated heterocycles. The summed E-state index contributed by atoms with van der Waals surface area (Å²) in [6.45, 7) is 2.15. The minimum absolute atomic E-state index is 0.0585. The van der Waals surface area contributed by atoms with Crippen LogP contribution in [0.5, 0.6) is 0 Å². The number of aromatic nitrogens is 2. The molecule has 11 heteroatoms. The number of piperidine rings is 1. The highest BCUT2D eigenvalue weighted by molar-refractivity contribution is 6.42. The van der Waals surface area contributed by atoms with Gasteiger partial charge >= 0.3 is 6.09 Å². The molecular formula is C22H24Cl3N5O3. The number of carboxylic acid groups (broad SMARTS) is 1. The summed E-state index contributed by atoms with van der Waals surface area (Å²) in [5, 5.41) is 18.8. The van der Waals surface area contributed by atoms with Crippen LogP contribution < -0.4 is 4.90 Å². The Hall–Kier alpha value is -2.29. The highest BCUT2D eigenvalue weighted by atomic mass is 35.5. The number of hydrogen-bond acceptors (Lipinski definition) is 5. The molecule has 2 amide bonds. The van der Waals surface area contributed by atoms with Crippen molar-refractivity contribution in [3.63, 3.8) is 0 Å². The van der Waals surface area contributed by atoms with Gasteiger partial charge in [0.1, 0.15) is 0 Å². The van der Waals surface area contributed by atoms with Crippen LogP contribution in [0, 0.1) is 5.92 Å². The van der Waals surface area contributed by atoms with E-state index < -0.39 is 6.09 Å². The summed E-state index contributed by atoms with van der Waals surface area (Å²) in [6, 6.07) is 8.47. The summed E-state index contributed by atoms with van der Waals surface area (Å²) in [4.78, 5) is 30.2. The van der Waals surface area contributed by atoms with Crippen molar-refractivity contribution in [3.8, 4) is 0 Å². The number of likely N-dealkylation sites (N-methyl/N-ethyl adjacent to an activating group) is 1. The first-order valence-corrected chi connectivity index (χ1v) is 11.8. The average molecular weight is 513 g/mol. The van der Waals surface area contributed by atoms with Gasteiger partial charge in [-0.3, -0.25) is 4.79 Å². The number of carbonyl (C=O) groups excluding carboxylic acids is 1. The van der Waals surface area contributed by atoms with Crippen molar-refractivity contribution in [3.05, 3.63) is 51.1 Å². The van der Waals surface area contributed by atoms with E-state index in [1.807, 2.05) is 12.1 Å². The fourth-order valence-electron chi connectivity index (χ4n) is 4.66. The molecular weight excluding hydrogens is 489 g/mol. The molecule has 0 aliphatic carbocycles. The molecule has 2 fully saturated rings. The minimum atomic E-state index is -1.03. The molecule has 8 nitrogen and oxygen atoms in total. The van der Waals surface area contributed by atoms with Crippen LogP contribution in [-0.2, 0) is 4.79 Å². The smallest absolute Gasteiger partial charge is 0.407 e. The predicted octanol–water partition coefficient (Wildman–Crippen LogP) is 4.26. The minimum Gasteiger partial charge on any atom is -0.465 e. The quantitative estimate of drug-likeness (QED) is 0.658. The lowest BCUT2D eigenvalue weighted by atomic mass is 9.93. The Balaban J connectivity index is 1.46. The van der Waals surface area contributed by atoms with Gasteiger partial charge < -0.3 is 19.8 Å². The second kappa shape index (κ2) is 9.91. The van der Waals surface area contributed by atoms with E-state index in [-0.39, 0.29) is 23.8 Å². The average Bonchev–Trinajstić information content (AvgIpc) is 3.26. The van der Waals surface area contributed by atoms with Crippen molar-refractivity contribution in [1.82, 2.24) is 20.0 Å². The van der Waals surface area contributed by atoms with E-state index in [4.69, 9.17) is 34.8 Å². The van der Waals surface area contributed by atoms with Gasteiger partial charge in [-0.2, -0.15) is 0 Å². The fourth-order valence-corrected chi connectivity index (χ4v) is 5.07. The number of benzene rings is 1. The molecule has 1 aromatic carbocycles. The van der Waals surface area contributed by atoms with Crippen LogP contribution in [0.15, 0.2) is 30.3 Å². The summed E-state index contributed by atoms with van der Waals surface area (Å²) in [7, 11) is 1.54. The summed E-state index contributed by atoms with van der Waals surface area (Å²) in [5.74, 6) is 0.497. The first-order chi connectivity index (χ1) is 15.7. The number of anilines is 1. The zero-order chi connectivity index (χ0) is 23.7. The molecule has 4 rings (SSSR count). The molecule has 0 spiro atoms. The number of likely N-dealkylation sites (tertiary alicyclic amines) is 1. The Morgan fingerprint density at radius 1 is 1.03 bits per heavy atom. The molecule has 0 bridgehead atoms. The van der Waals surface area contributed by atoms with Gasteiger partial charge in [-0.15, -0.1) is 10.2 Å². The first-order valence-electron chi connectivity index (χ1n) is 10.7. The second-order valence-electron chi connectivity index (χ2n) is 8.46. The number of nitrogens with zero attached hydrogens (tertiary/aromatic N) is 5. The highest BCUT2D eigenvalue weighted by Crippen LogP contribution is 2.35. The third-order valence-corrected chi connectivity index (χ3v) is 7.50. The molecule has 0 unspecified atom stereocenters. The molecule has 176 valence electrons. The van der Waals surface area contributed by atoms with Crippen molar-refractivity contribution in [2.24, 2.45) is 5.92 Å². The van der Waals surface area contributed by atoms with Crippen LogP contribution in [0.3, 0.4) is 0 Å². The summed E-state index contributed by atoms with van der Waals surface area (Å²) >= 11 is 18.1. The van der Waals surface area contributed by atoms with Gasteiger partial charge in [-0.05, 0) is 42.7 Å². The van der Waals surface area contributed by atoms with E-state index >= 15 is 0 Å². The number of halogens is 3. The third-order valence-electron chi connectivity index (χ3n) is 6.56. The van der Waals surface area contributed by atoms with E-state index in [0.717, 1.165) is 11.4 Å². The Bertz CT molecular complexity index is 1030. The summed E-state index contributed by atoms with van der Waals surface area (Å²) in [6.07, 6.45) is 0.351. The van der Waals surface area contributed by atoms with Crippen LogP contribution in [0.25, 0.3) is 0 Å². The summed E-state index contributed by atoms with van der Waals surface area (Å²) in [5.41, 5.74) is 0.869. The molecule has 3 heterocycles. The molecule has 1 aromatic heterocycles. The Labute approximate surface area is 207 Å². The van der Waals surface area contributed by atoms with E-state index in [2.05, 4.69) is 15.1 Å². The topological polar surface area (TPSA) is 89.9 Å². The van der Waals surface area contributed by atoms with Gasteiger partial charge in [0.25, 0.3) is 0 Å². The van der Waals surface area contributed by atoms with Crippen molar-refractivity contribution in [2.75, 3.05) is 38.1 Å². The SMILES string of the molecule is CN(C(=O)O)[C@H]1CN(C(=O)C2CCN(c3ccc(Cl)nn3)CC2)C[C@@H]1c1ccc(Cl)c(Cl)c1. The second-order valence-corrected chi connectivity index (χ2v) is 9.66. The lowest BCUT2D eigenvalue weighted by Crippen LogP contribution is -2.44. The Morgan fingerprint density at radius 3 is 2.36 bits per heavy atom. The molecule has 1 N–H and O–H groups in total. The highest BCUT2D eigenvalue weighted by Gasteiger charge is 2.42. The largest absolute Gasteiger partial charge is 0.465 e. The number of carbonyl (C=O) groups is 2. The standard InChI is InChI=1S/C22H24Cl3N5O3/c1-28(22(32)33)18-12-30(11-15(18)14-2-3-16(23)17(24)10-14)21(31)13-6-8-29(9-7-13)20-5-4-19(25)26-27-20/h2-5,10,13,15,18H,6-9,11-12H2,1H3,(H,32,33)/t15-,18+/m1/s1. The maximum absolute atomic E-state index is 13.4. The zero-order valence-electron chi connectivity index (χ0n) is 18.0. The van der Waals surface area contributed by atoms with Gasteiger partial charge in [0, 0.05) is 45.1 Å². The van der Waals surface area contributed by atoms with Crippen molar-refractivity contribution in [2.45, 2.75) is 24.8 Å². The lowest BCUT2D eigenvalue weighted by Gasteiger charge is -2.33. The van der Waals surface area contributed by atoms with Crippen molar-refractivity contribution in [1.29, 1.82) is 0 Å². The van der Waals surface area contributed by atoms with Gasteiger partial charge in [-0.1, -0.05) is 40.9 Å². The predicted molar refractivity (Wildman–Crippen MR) is 127 cm³/mol. The van der Waals surface area contributed by atoms with E-state index in [1.54, 1.807) is 23.1 Å². The summed E-state index contributed by atoms with van der Waals surface area (Å²) < 4.78 is 0. The fraction of sp³-hybridized carbons (Fsp3) is 0.455. The molecule has 2 aromatic rings. The number of rotatable bonds is 4. The van der Waals surface area contributed by atoms with Gasteiger partial charge in [-0.25, -0.2) is 4.79 Å². The maximum Gasteiger partial charge on any atom is 0.407 e. The van der Waals surface area contributed by atoms with Crippen molar-refractivity contribution < 1.29 is 14.7 Å². The monoisotopic (exact) mass is 511 g/mol. The maximum atomic E-state index is 13.4. The number of amides is 2. The first kappa shape index (κ1) is 23.9. The van der Waals surface area contributed by atoms with E-state index in [1.165, 1.54) is 11.9 Å². The molecule has 0 saturated carbocycles. The zero-order valence-corrected chi connectivity index (χ0v) is 20.3. The van der Waals surface area contributed by atoms with E-state index in [9.17, 15) is 14.7 Å². The lowest BCUT2D eigenvalue weighted by molar-refractivity contribution is -0.135. The van der Waals surface area contributed by atoms with Crippen LogP contribution in [0.2, 0.25) is 15.2 Å². The van der Waals surface area contributed by atoms with E-state index in [0.29, 0.717) is 54.2 Å².